The average Bonchev–Trinajstić information content (AvgIpc) is 3.24. The standard InChI is InChI=1S/C21H22N4O3/c26-21(23-13-18-15-27-19-8-3-4-9-20(19)28-18)22-12-16-6-1-2-7-17(16)14-25-11-5-10-24-25/h1-11,18H,12-15H2,(H2,22,23,26). The Hall–Kier alpha value is -3.48. The van der Waals surface area contributed by atoms with Crippen molar-refractivity contribution in [3.05, 3.63) is 78.1 Å². The van der Waals surface area contributed by atoms with Crippen molar-refractivity contribution in [2.45, 2.75) is 19.2 Å². The quantitative estimate of drug-likeness (QED) is 0.691. The van der Waals surface area contributed by atoms with Crippen molar-refractivity contribution >= 4 is 6.03 Å². The second-order valence-corrected chi connectivity index (χ2v) is 6.53. The smallest absolute Gasteiger partial charge is 0.315 e. The van der Waals surface area contributed by atoms with E-state index in [4.69, 9.17) is 9.47 Å². The molecule has 0 fully saturated rings. The summed E-state index contributed by atoms with van der Waals surface area (Å²) in [5.74, 6) is 1.44. The molecular formula is C21H22N4O3. The van der Waals surface area contributed by atoms with Crippen molar-refractivity contribution in [3.8, 4) is 11.5 Å². The zero-order valence-electron chi connectivity index (χ0n) is 15.4. The first-order valence-electron chi connectivity index (χ1n) is 9.22. The molecule has 2 heterocycles. The van der Waals surface area contributed by atoms with E-state index in [0.29, 0.717) is 32.0 Å². The molecule has 7 heteroatoms. The molecule has 1 aliphatic heterocycles. The average molecular weight is 378 g/mol. The maximum absolute atomic E-state index is 12.2. The first-order chi connectivity index (χ1) is 13.8. The SMILES string of the molecule is O=C(NCc1ccccc1Cn1cccn1)NCC1COc2ccccc2O1. The van der Waals surface area contributed by atoms with Crippen LogP contribution in [-0.4, -0.2) is 35.1 Å². The maximum atomic E-state index is 12.2. The Balaban J connectivity index is 1.26. The number of ether oxygens (including phenoxy) is 2. The minimum absolute atomic E-state index is 0.215. The molecule has 0 saturated heterocycles. The lowest BCUT2D eigenvalue weighted by Gasteiger charge is -2.26. The summed E-state index contributed by atoms with van der Waals surface area (Å²) >= 11 is 0. The number of benzene rings is 2. The van der Waals surface area contributed by atoms with Gasteiger partial charge in [0.05, 0.1) is 13.1 Å². The van der Waals surface area contributed by atoms with Gasteiger partial charge in [0.25, 0.3) is 0 Å². The zero-order chi connectivity index (χ0) is 19.2. The monoisotopic (exact) mass is 378 g/mol. The number of nitrogens with one attached hydrogen (secondary N) is 2. The highest BCUT2D eigenvalue weighted by Gasteiger charge is 2.20. The summed E-state index contributed by atoms with van der Waals surface area (Å²) in [6.45, 7) is 1.88. The van der Waals surface area contributed by atoms with Crippen LogP contribution in [0.3, 0.4) is 0 Å². The van der Waals surface area contributed by atoms with Crippen LogP contribution in [0, 0.1) is 0 Å². The Kier molecular flexibility index (Phi) is 5.42. The van der Waals surface area contributed by atoms with Gasteiger partial charge >= 0.3 is 6.03 Å². The molecule has 1 aliphatic rings. The second kappa shape index (κ2) is 8.47. The minimum atomic E-state index is -0.239. The topological polar surface area (TPSA) is 77.4 Å². The second-order valence-electron chi connectivity index (χ2n) is 6.53. The fraction of sp³-hybridized carbons (Fsp3) is 0.238. The number of amides is 2. The Labute approximate surface area is 163 Å². The molecule has 3 aromatic rings. The molecule has 2 aromatic carbocycles. The van der Waals surface area contributed by atoms with Crippen LogP contribution in [-0.2, 0) is 13.1 Å². The van der Waals surface area contributed by atoms with Gasteiger partial charge in [0.2, 0.25) is 0 Å². The number of urea groups is 1. The highest BCUT2D eigenvalue weighted by atomic mass is 16.6. The number of nitrogens with zero attached hydrogens (tertiary/aromatic N) is 2. The number of hydrogen-bond donors (Lipinski definition) is 2. The van der Waals surface area contributed by atoms with Crippen LogP contribution in [0.1, 0.15) is 11.1 Å². The summed E-state index contributed by atoms with van der Waals surface area (Å²) in [7, 11) is 0. The lowest BCUT2D eigenvalue weighted by Crippen LogP contribution is -2.44. The first-order valence-corrected chi connectivity index (χ1v) is 9.22. The number of para-hydroxylation sites is 2. The van der Waals surface area contributed by atoms with Crippen LogP contribution < -0.4 is 20.1 Å². The van der Waals surface area contributed by atoms with Crippen LogP contribution >= 0.6 is 0 Å². The highest BCUT2D eigenvalue weighted by Crippen LogP contribution is 2.30. The molecule has 144 valence electrons. The van der Waals surface area contributed by atoms with E-state index < -0.39 is 0 Å². The summed E-state index contributed by atoms with van der Waals surface area (Å²) in [6.07, 6.45) is 3.46. The van der Waals surface area contributed by atoms with Crippen molar-refractivity contribution in [1.82, 2.24) is 20.4 Å². The summed E-state index contributed by atoms with van der Waals surface area (Å²) in [4.78, 5) is 12.2. The Morgan fingerprint density at radius 2 is 1.82 bits per heavy atom. The summed E-state index contributed by atoms with van der Waals surface area (Å²) < 4.78 is 13.4. The van der Waals surface area contributed by atoms with Crippen molar-refractivity contribution in [3.63, 3.8) is 0 Å². The summed E-state index contributed by atoms with van der Waals surface area (Å²) in [6, 6.07) is 17.2. The lowest BCUT2D eigenvalue weighted by atomic mass is 10.1. The Morgan fingerprint density at radius 1 is 1.04 bits per heavy atom. The van der Waals surface area contributed by atoms with E-state index in [1.54, 1.807) is 6.20 Å². The van der Waals surface area contributed by atoms with Crippen molar-refractivity contribution in [2.24, 2.45) is 0 Å². The van der Waals surface area contributed by atoms with Gasteiger partial charge in [-0.15, -0.1) is 0 Å². The third-order valence-corrected chi connectivity index (χ3v) is 4.51. The van der Waals surface area contributed by atoms with Crippen LogP contribution in [0.2, 0.25) is 0 Å². The minimum Gasteiger partial charge on any atom is -0.486 e. The number of carbonyl (C=O) groups is 1. The van der Waals surface area contributed by atoms with Gasteiger partial charge in [-0.1, -0.05) is 36.4 Å². The molecule has 0 spiro atoms. The molecule has 0 bridgehead atoms. The summed E-state index contributed by atoms with van der Waals surface area (Å²) in [5, 5.41) is 9.98. The van der Waals surface area contributed by atoms with E-state index in [9.17, 15) is 4.79 Å². The van der Waals surface area contributed by atoms with E-state index in [-0.39, 0.29) is 12.1 Å². The van der Waals surface area contributed by atoms with Gasteiger partial charge in [0.1, 0.15) is 6.61 Å². The molecular weight excluding hydrogens is 356 g/mol. The van der Waals surface area contributed by atoms with Gasteiger partial charge in [0, 0.05) is 18.9 Å². The van der Waals surface area contributed by atoms with Crippen molar-refractivity contribution < 1.29 is 14.3 Å². The maximum Gasteiger partial charge on any atom is 0.315 e. The van der Waals surface area contributed by atoms with E-state index in [1.807, 2.05) is 65.5 Å². The Morgan fingerprint density at radius 3 is 2.64 bits per heavy atom. The molecule has 4 rings (SSSR count). The molecule has 1 atom stereocenters. The van der Waals surface area contributed by atoms with Gasteiger partial charge < -0.3 is 20.1 Å². The van der Waals surface area contributed by atoms with Crippen LogP contribution in [0.5, 0.6) is 11.5 Å². The van der Waals surface area contributed by atoms with Crippen LogP contribution in [0.25, 0.3) is 0 Å². The number of rotatable bonds is 6. The summed E-state index contributed by atoms with van der Waals surface area (Å²) in [5.41, 5.74) is 2.17. The van der Waals surface area contributed by atoms with Crippen LogP contribution in [0.15, 0.2) is 67.0 Å². The number of aromatic nitrogens is 2. The highest BCUT2D eigenvalue weighted by molar-refractivity contribution is 5.73. The lowest BCUT2D eigenvalue weighted by molar-refractivity contribution is 0.0918. The van der Waals surface area contributed by atoms with E-state index in [0.717, 1.165) is 16.9 Å². The fourth-order valence-electron chi connectivity index (χ4n) is 3.06. The molecule has 0 aliphatic carbocycles. The van der Waals surface area contributed by atoms with Gasteiger partial charge in [-0.05, 0) is 29.3 Å². The Bertz CT molecular complexity index is 927. The number of hydrogen-bond acceptors (Lipinski definition) is 4. The third-order valence-electron chi connectivity index (χ3n) is 4.51. The molecule has 0 radical (unpaired) electrons. The van der Waals surface area contributed by atoms with Gasteiger partial charge in [-0.2, -0.15) is 5.10 Å². The fourth-order valence-corrected chi connectivity index (χ4v) is 3.06. The van der Waals surface area contributed by atoms with E-state index in [1.165, 1.54) is 0 Å². The van der Waals surface area contributed by atoms with E-state index in [2.05, 4.69) is 15.7 Å². The molecule has 1 unspecified atom stereocenters. The van der Waals surface area contributed by atoms with Crippen molar-refractivity contribution in [2.75, 3.05) is 13.2 Å². The third kappa shape index (κ3) is 4.43. The largest absolute Gasteiger partial charge is 0.486 e. The van der Waals surface area contributed by atoms with Gasteiger partial charge in [0.15, 0.2) is 17.6 Å². The van der Waals surface area contributed by atoms with Gasteiger partial charge in [-0.3, -0.25) is 4.68 Å². The van der Waals surface area contributed by atoms with Crippen LogP contribution in [0.4, 0.5) is 4.79 Å². The van der Waals surface area contributed by atoms with Crippen molar-refractivity contribution in [1.29, 1.82) is 0 Å². The number of carbonyl (C=O) groups excluding carboxylic acids is 1. The number of fused-ring (bicyclic) bond motifs is 1. The zero-order valence-corrected chi connectivity index (χ0v) is 15.4. The van der Waals surface area contributed by atoms with E-state index >= 15 is 0 Å². The molecule has 7 nitrogen and oxygen atoms in total. The predicted octanol–water partition coefficient (Wildman–Crippen LogP) is 2.57. The molecule has 2 amide bonds. The normalized spacial score (nSPS) is 15.1. The predicted molar refractivity (Wildman–Crippen MR) is 104 cm³/mol. The molecule has 28 heavy (non-hydrogen) atoms. The first kappa shape index (κ1) is 17.9. The molecule has 2 N–H and O–H groups in total. The molecule has 1 aromatic heterocycles. The van der Waals surface area contributed by atoms with Gasteiger partial charge in [-0.25, -0.2) is 4.79 Å². The molecule has 0 saturated carbocycles.